The second kappa shape index (κ2) is 7.47. The quantitative estimate of drug-likeness (QED) is 0.586. The molecule has 0 fully saturated rings. The van der Waals surface area contributed by atoms with Crippen molar-refractivity contribution in [3.05, 3.63) is 11.1 Å². The number of hydrogen-bond acceptors (Lipinski definition) is 4. The lowest BCUT2D eigenvalue weighted by Gasteiger charge is -2.17. The third kappa shape index (κ3) is 4.35. The summed E-state index contributed by atoms with van der Waals surface area (Å²) in [7, 11) is 2.67. The molecule has 0 aliphatic carbocycles. The minimum atomic E-state index is -4.14. The number of halogens is 3. The second-order valence-corrected chi connectivity index (χ2v) is 5.04. The first-order valence-corrected chi connectivity index (χ1v) is 6.95. The molecular weight excluding hydrogens is 301 g/mol. The summed E-state index contributed by atoms with van der Waals surface area (Å²) in [6.07, 6.45) is -3.70. The summed E-state index contributed by atoms with van der Waals surface area (Å²) >= 11 is 0. The number of aromatic hydroxyl groups is 2. The van der Waals surface area contributed by atoms with Crippen molar-refractivity contribution in [1.82, 2.24) is 0 Å². The fraction of sp³-hybridized carbons (Fsp3) is 0.600. The molecule has 0 amide bonds. The molecule has 0 aliphatic rings. The number of hydrogen-bond donors (Lipinski definition) is 2. The van der Waals surface area contributed by atoms with Crippen LogP contribution < -0.4 is 9.47 Å². The van der Waals surface area contributed by atoms with Crippen molar-refractivity contribution in [2.24, 2.45) is 0 Å². The van der Waals surface area contributed by atoms with Crippen LogP contribution in [-0.2, 0) is 6.42 Å². The van der Waals surface area contributed by atoms with E-state index in [0.29, 0.717) is 30.4 Å². The molecule has 0 bridgehead atoms. The number of phenols is 2. The highest BCUT2D eigenvalue weighted by atomic mass is 19.4. The standard InChI is InChI=1S/C15H21F3O4/c1-9-10(7-5-4-6-8-15(16,17)18)12(20)14(22-3)13(21-2)11(9)19/h19-20H,4-8H2,1-3H3. The van der Waals surface area contributed by atoms with Crippen LogP contribution in [0.4, 0.5) is 13.2 Å². The van der Waals surface area contributed by atoms with Gasteiger partial charge in [0.25, 0.3) is 0 Å². The topological polar surface area (TPSA) is 58.9 Å². The van der Waals surface area contributed by atoms with Crippen LogP contribution in [0.25, 0.3) is 0 Å². The van der Waals surface area contributed by atoms with Crippen LogP contribution in [0.5, 0.6) is 23.0 Å². The maximum absolute atomic E-state index is 12.1. The Morgan fingerprint density at radius 3 is 1.95 bits per heavy atom. The van der Waals surface area contributed by atoms with E-state index in [-0.39, 0.29) is 29.4 Å². The van der Waals surface area contributed by atoms with Crippen molar-refractivity contribution in [3.8, 4) is 23.0 Å². The first kappa shape index (κ1) is 18.3. The van der Waals surface area contributed by atoms with Crippen LogP contribution in [0, 0.1) is 6.92 Å². The molecule has 1 rings (SSSR count). The maximum Gasteiger partial charge on any atom is 0.389 e. The zero-order chi connectivity index (χ0) is 16.9. The molecule has 126 valence electrons. The first-order valence-electron chi connectivity index (χ1n) is 6.95. The summed E-state index contributed by atoms with van der Waals surface area (Å²) in [4.78, 5) is 0. The van der Waals surface area contributed by atoms with Crippen LogP contribution in [0.1, 0.15) is 36.8 Å². The van der Waals surface area contributed by atoms with Crippen molar-refractivity contribution >= 4 is 0 Å². The van der Waals surface area contributed by atoms with Gasteiger partial charge >= 0.3 is 6.18 Å². The molecule has 7 heteroatoms. The average molecular weight is 322 g/mol. The highest BCUT2D eigenvalue weighted by Gasteiger charge is 2.26. The Balaban J connectivity index is 2.81. The molecule has 0 spiro atoms. The molecule has 1 aromatic rings. The Kier molecular flexibility index (Phi) is 6.20. The molecule has 2 N–H and O–H groups in total. The van der Waals surface area contributed by atoms with Gasteiger partial charge < -0.3 is 19.7 Å². The van der Waals surface area contributed by atoms with Crippen molar-refractivity contribution in [3.63, 3.8) is 0 Å². The highest BCUT2D eigenvalue weighted by Crippen LogP contribution is 2.48. The first-order chi connectivity index (χ1) is 10.2. The number of rotatable bonds is 7. The molecule has 22 heavy (non-hydrogen) atoms. The van der Waals surface area contributed by atoms with Gasteiger partial charge in [-0.25, -0.2) is 0 Å². The Labute approximate surface area is 127 Å². The minimum absolute atomic E-state index is 0.0240. The molecule has 0 saturated heterocycles. The number of phenolic OH excluding ortho intramolecular Hbond substituents is 2. The molecule has 1 aromatic carbocycles. The van der Waals surface area contributed by atoms with Crippen molar-refractivity contribution in [2.45, 2.75) is 45.2 Å². The van der Waals surface area contributed by atoms with E-state index in [9.17, 15) is 23.4 Å². The van der Waals surface area contributed by atoms with Gasteiger partial charge in [-0.2, -0.15) is 13.2 Å². The molecule has 0 radical (unpaired) electrons. The zero-order valence-electron chi connectivity index (χ0n) is 12.9. The van der Waals surface area contributed by atoms with Gasteiger partial charge in [0.2, 0.25) is 11.5 Å². The Morgan fingerprint density at radius 2 is 1.45 bits per heavy atom. The normalized spacial score (nSPS) is 11.5. The zero-order valence-corrected chi connectivity index (χ0v) is 12.9. The summed E-state index contributed by atoms with van der Waals surface area (Å²) < 4.78 is 46.2. The Hall–Kier alpha value is -1.79. The minimum Gasteiger partial charge on any atom is -0.504 e. The lowest BCUT2D eigenvalue weighted by Crippen LogP contribution is -2.06. The maximum atomic E-state index is 12.1. The molecular formula is C15H21F3O4. The van der Waals surface area contributed by atoms with Crippen molar-refractivity contribution < 1.29 is 32.9 Å². The largest absolute Gasteiger partial charge is 0.504 e. The SMILES string of the molecule is COc1c(O)c(C)c(CCCCCC(F)(F)F)c(O)c1OC. The van der Waals surface area contributed by atoms with Gasteiger partial charge in [-0.3, -0.25) is 0 Å². The van der Waals surface area contributed by atoms with Gasteiger partial charge in [0.05, 0.1) is 14.2 Å². The molecule has 0 aliphatic heterocycles. The van der Waals surface area contributed by atoms with Gasteiger partial charge in [0.15, 0.2) is 11.5 Å². The molecule has 0 unspecified atom stereocenters. The molecule has 0 heterocycles. The van der Waals surface area contributed by atoms with E-state index in [1.54, 1.807) is 6.92 Å². The average Bonchev–Trinajstić information content (AvgIpc) is 2.44. The van der Waals surface area contributed by atoms with E-state index >= 15 is 0 Å². The smallest absolute Gasteiger partial charge is 0.389 e. The second-order valence-electron chi connectivity index (χ2n) is 5.04. The Morgan fingerprint density at radius 1 is 0.909 bits per heavy atom. The Bertz CT molecular complexity index is 513. The predicted molar refractivity (Wildman–Crippen MR) is 75.8 cm³/mol. The van der Waals surface area contributed by atoms with E-state index in [4.69, 9.17) is 9.47 Å². The van der Waals surface area contributed by atoms with Gasteiger partial charge in [-0.1, -0.05) is 6.42 Å². The lowest BCUT2D eigenvalue weighted by molar-refractivity contribution is -0.135. The molecule has 0 saturated carbocycles. The monoisotopic (exact) mass is 322 g/mol. The van der Waals surface area contributed by atoms with E-state index in [2.05, 4.69) is 0 Å². The fourth-order valence-electron chi connectivity index (χ4n) is 2.33. The third-order valence-electron chi connectivity index (χ3n) is 3.53. The van der Waals surface area contributed by atoms with E-state index < -0.39 is 12.6 Å². The van der Waals surface area contributed by atoms with Gasteiger partial charge in [0, 0.05) is 17.5 Å². The molecule has 0 aromatic heterocycles. The van der Waals surface area contributed by atoms with Crippen LogP contribution in [-0.4, -0.2) is 30.6 Å². The van der Waals surface area contributed by atoms with Gasteiger partial charge in [-0.05, 0) is 26.2 Å². The number of alkyl halides is 3. The number of unbranched alkanes of at least 4 members (excludes halogenated alkanes) is 2. The molecule has 4 nitrogen and oxygen atoms in total. The summed E-state index contributed by atoms with van der Waals surface area (Å²) in [5.74, 6) is -0.220. The van der Waals surface area contributed by atoms with Crippen LogP contribution in [0.2, 0.25) is 0 Å². The highest BCUT2D eigenvalue weighted by molar-refractivity contribution is 5.65. The lowest BCUT2D eigenvalue weighted by atomic mass is 9.98. The summed E-state index contributed by atoms with van der Waals surface area (Å²) in [6, 6.07) is 0. The molecule has 0 atom stereocenters. The van der Waals surface area contributed by atoms with E-state index in [0.717, 1.165) is 0 Å². The number of methoxy groups -OCH3 is 2. The van der Waals surface area contributed by atoms with Crippen LogP contribution >= 0.6 is 0 Å². The number of ether oxygens (including phenoxy) is 2. The van der Waals surface area contributed by atoms with Crippen LogP contribution in [0.15, 0.2) is 0 Å². The van der Waals surface area contributed by atoms with Crippen LogP contribution in [0.3, 0.4) is 0 Å². The van der Waals surface area contributed by atoms with E-state index in [1.807, 2.05) is 0 Å². The van der Waals surface area contributed by atoms with Crippen molar-refractivity contribution in [2.75, 3.05) is 14.2 Å². The summed E-state index contributed by atoms with van der Waals surface area (Å²) in [5, 5.41) is 20.3. The summed E-state index contributed by atoms with van der Waals surface area (Å²) in [6.45, 7) is 1.61. The van der Waals surface area contributed by atoms with Crippen molar-refractivity contribution in [1.29, 1.82) is 0 Å². The predicted octanol–water partition coefficient (Wildman–Crippen LogP) is 4.09. The van der Waals surface area contributed by atoms with Gasteiger partial charge in [0.1, 0.15) is 0 Å². The number of benzene rings is 1. The third-order valence-corrected chi connectivity index (χ3v) is 3.53. The fourth-order valence-corrected chi connectivity index (χ4v) is 2.33. The summed E-state index contributed by atoms with van der Waals surface area (Å²) in [5.41, 5.74) is 0.896. The van der Waals surface area contributed by atoms with E-state index in [1.165, 1.54) is 14.2 Å². The van der Waals surface area contributed by atoms with Gasteiger partial charge in [-0.15, -0.1) is 0 Å².